The summed E-state index contributed by atoms with van der Waals surface area (Å²) in [4.78, 5) is 0. The van der Waals surface area contributed by atoms with Crippen LogP contribution in [0.1, 0.15) is 11.1 Å². The fourth-order valence-corrected chi connectivity index (χ4v) is 2.75. The smallest absolute Gasteiger partial charge is 0.384 e. The standard InChI is InChI=1S/C13H11BrF3NS/c14-10-1-2-12(11(7-10)13(15,16)17)18-5-3-9-4-6-19-8-9/h1-2,4,6-8,18H,3,5H2. The van der Waals surface area contributed by atoms with E-state index < -0.39 is 11.7 Å². The van der Waals surface area contributed by atoms with E-state index in [0.29, 0.717) is 17.4 Å². The first-order valence-corrected chi connectivity index (χ1v) is 7.32. The molecule has 0 saturated carbocycles. The Balaban J connectivity index is 2.07. The van der Waals surface area contributed by atoms with E-state index in [-0.39, 0.29) is 5.69 Å². The molecule has 0 aliphatic carbocycles. The van der Waals surface area contributed by atoms with Crippen LogP contribution >= 0.6 is 27.3 Å². The number of halogens is 4. The third kappa shape index (κ3) is 3.98. The van der Waals surface area contributed by atoms with Gasteiger partial charge in [0.25, 0.3) is 0 Å². The van der Waals surface area contributed by atoms with Crippen LogP contribution in [0.25, 0.3) is 0 Å². The molecular formula is C13H11BrF3NS. The van der Waals surface area contributed by atoms with Crippen molar-refractivity contribution in [3.05, 3.63) is 50.6 Å². The van der Waals surface area contributed by atoms with Gasteiger partial charge < -0.3 is 5.32 Å². The highest BCUT2D eigenvalue weighted by Crippen LogP contribution is 2.36. The second kappa shape index (κ2) is 5.96. The molecule has 0 amide bonds. The summed E-state index contributed by atoms with van der Waals surface area (Å²) in [5.41, 5.74) is 0.598. The number of rotatable bonds is 4. The summed E-state index contributed by atoms with van der Waals surface area (Å²) >= 11 is 4.64. The van der Waals surface area contributed by atoms with Crippen LogP contribution in [0.2, 0.25) is 0 Å². The second-order valence-corrected chi connectivity index (χ2v) is 5.69. The monoisotopic (exact) mass is 349 g/mol. The molecule has 0 aliphatic rings. The molecule has 1 aromatic carbocycles. The van der Waals surface area contributed by atoms with E-state index in [9.17, 15) is 13.2 Å². The quantitative estimate of drug-likeness (QED) is 0.801. The van der Waals surface area contributed by atoms with Crippen molar-refractivity contribution in [2.75, 3.05) is 11.9 Å². The van der Waals surface area contributed by atoms with Gasteiger partial charge in [0.05, 0.1) is 5.56 Å². The number of anilines is 1. The average molecular weight is 350 g/mol. The Morgan fingerprint density at radius 1 is 1.21 bits per heavy atom. The Morgan fingerprint density at radius 3 is 2.63 bits per heavy atom. The van der Waals surface area contributed by atoms with Crippen molar-refractivity contribution in [1.82, 2.24) is 0 Å². The zero-order valence-corrected chi connectivity index (χ0v) is 12.2. The number of benzene rings is 1. The van der Waals surface area contributed by atoms with Gasteiger partial charge in [-0.2, -0.15) is 24.5 Å². The van der Waals surface area contributed by atoms with Gasteiger partial charge in [0.15, 0.2) is 0 Å². The Kier molecular flexibility index (Phi) is 4.52. The molecule has 1 nitrogen and oxygen atoms in total. The number of thiophene rings is 1. The minimum absolute atomic E-state index is 0.117. The second-order valence-electron chi connectivity index (χ2n) is 4.00. The van der Waals surface area contributed by atoms with E-state index in [2.05, 4.69) is 21.2 Å². The molecule has 1 N–H and O–H groups in total. The molecular weight excluding hydrogens is 339 g/mol. The molecule has 102 valence electrons. The number of nitrogens with one attached hydrogen (secondary N) is 1. The van der Waals surface area contributed by atoms with Gasteiger partial charge in [0, 0.05) is 16.7 Å². The lowest BCUT2D eigenvalue weighted by Gasteiger charge is -2.14. The van der Waals surface area contributed by atoms with Crippen LogP contribution in [0.4, 0.5) is 18.9 Å². The molecule has 0 unspecified atom stereocenters. The molecule has 2 rings (SSSR count). The van der Waals surface area contributed by atoms with Crippen LogP contribution in [-0.4, -0.2) is 6.54 Å². The van der Waals surface area contributed by atoms with Crippen molar-refractivity contribution >= 4 is 33.0 Å². The third-order valence-electron chi connectivity index (χ3n) is 2.60. The summed E-state index contributed by atoms with van der Waals surface area (Å²) in [6.45, 7) is 0.474. The lowest BCUT2D eigenvalue weighted by molar-refractivity contribution is -0.137. The first-order chi connectivity index (χ1) is 8.97. The van der Waals surface area contributed by atoms with Crippen LogP contribution in [0, 0.1) is 0 Å². The summed E-state index contributed by atoms with van der Waals surface area (Å²) in [6, 6.07) is 6.11. The van der Waals surface area contributed by atoms with E-state index in [1.54, 1.807) is 17.4 Å². The van der Waals surface area contributed by atoms with Crippen LogP contribution < -0.4 is 5.32 Å². The number of hydrogen-bond acceptors (Lipinski definition) is 2. The van der Waals surface area contributed by atoms with E-state index >= 15 is 0 Å². The van der Waals surface area contributed by atoms with Crippen molar-refractivity contribution in [3.8, 4) is 0 Å². The van der Waals surface area contributed by atoms with E-state index in [1.165, 1.54) is 6.07 Å². The highest BCUT2D eigenvalue weighted by Gasteiger charge is 2.33. The maximum Gasteiger partial charge on any atom is 0.418 e. The van der Waals surface area contributed by atoms with E-state index in [1.807, 2.05) is 16.8 Å². The maximum atomic E-state index is 12.9. The van der Waals surface area contributed by atoms with Crippen molar-refractivity contribution < 1.29 is 13.2 Å². The molecule has 2 aromatic rings. The van der Waals surface area contributed by atoms with E-state index in [4.69, 9.17) is 0 Å². The van der Waals surface area contributed by atoms with Crippen LogP contribution in [0.3, 0.4) is 0 Å². The Morgan fingerprint density at radius 2 is 2.00 bits per heavy atom. The molecule has 19 heavy (non-hydrogen) atoms. The van der Waals surface area contributed by atoms with Crippen molar-refractivity contribution in [3.63, 3.8) is 0 Å². The minimum atomic E-state index is -4.35. The number of alkyl halides is 3. The van der Waals surface area contributed by atoms with E-state index in [0.717, 1.165) is 11.6 Å². The molecule has 0 spiro atoms. The highest BCUT2D eigenvalue weighted by atomic mass is 79.9. The number of hydrogen-bond donors (Lipinski definition) is 1. The van der Waals surface area contributed by atoms with Gasteiger partial charge in [-0.25, -0.2) is 0 Å². The summed E-state index contributed by atoms with van der Waals surface area (Å²) in [7, 11) is 0. The molecule has 0 atom stereocenters. The normalized spacial score (nSPS) is 11.6. The van der Waals surface area contributed by atoms with Gasteiger partial charge in [-0.3, -0.25) is 0 Å². The summed E-state index contributed by atoms with van der Waals surface area (Å²) < 4.78 is 39.0. The Labute approximate surface area is 121 Å². The summed E-state index contributed by atoms with van der Waals surface area (Å²) in [5, 5.41) is 6.80. The summed E-state index contributed by atoms with van der Waals surface area (Å²) in [5.74, 6) is 0. The molecule has 6 heteroatoms. The van der Waals surface area contributed by atoms with Gasteiger partial charge in [0.2, 0.25) is 0 Å². The molecule has 0 saturated heterocycles. The minimum Gasteiger partial charge on any atom is -0.384 e. The largest absolute Gasteiger partial charge is 0.418 e. The van der Waals surface area contributed by atoms with Crippen LogP contribution in [-0.2, 0) is 12.6 Å². The average Bonchev–Trinajstić information content (AvgIpc) is 2.83. The van der Waals surface area contributed by atoms with Crippen LogP contribution in [0.5, 0.6) is 0 Å². The maximum absolute atomic E-state index is 12.9. The lowest BCUT2D eigenvalue weighted by Crippen LogP contribution is -2.12. The first-order valence-electron chi connectivity index (χ1n) is 5.58. The topological polar surface area (TPSA) is 12.0 Å². The van der Waals surface area contributed by atoms with Gasteiger partial charge in [-0.05, 0) is 47.0 Å². The van der Waals surface area contributed by atoms with Gasteiger partial charge in [-0.15, -0.1) is 0 Å². The molecule has 0 fully saturated rings. The molecule has 0 bridgehead atoms. The fraction of sp³-hybridized carbons (Fsp3) is 0.231. The van der Waals surface area contributed by atoms with Gasteiger partial charge in [-0.1, -0.05) is 15.9 Å². The van der Waals surface area contributed by atoms with Gasteiger partial charge in [0.1, 0.15) is 0 Å². The highest BCUT2D eigenvalue weighted by molar-refractivity contribution is 9.10. The molecule has 1 aromatic heterocycles. The van der Waals surface area contributed by atoms with Gasteiger partial charge >= 0.3 is 6.18 Å². The Bertz CT molecular complexity index is 537. The molecule has 0 aliphatic heterocycles. The molecule has 0 radical (unpaired) electrons. The van der Waals surface area contributed by atoms with Crippen molar-refractivity contribution in [1.29, 1.82) is 0 Å². The van der Waals surface area contributed by atoms with Crippen molar-refractivity contribution in [2.24, 2.45) is 0 Å². The SMILES string of the molecule is FC(F)(F)c1cc(Br)ccc1NCCc1ccsc1. The summed E-state index contributed by atoms with van der Waals surface area (Å²) in [6.07, 6.45) is -3.65. The zero-order chi connectivity index (χ0) is 13.9. The Hall–Kier alpha value is -1.01. The van der Waals surface area contributed by atoms with Crippen LogP contribution in [0.15, 0.2) is 39.5 Å². The zero-order valence-electron chi connectivity index (χ0n) is 9.80. The third-order valence-corrected chi connectivity index (χ3v) is 3.82. The first kappa shape index (κ1) is 14.4. The predicted molar refractivity (Wildman–Crippen MR) is 75.7 cm³/mol. The fourth-order valence-electron chi connectivity index (χ4n) is 1.68. The predicted octanol–water partition coefficient (Wildman–Crippen LogP) is 5.18. The molecule has 1 heterocycles. The lowest BCUT2D eigenvalue weighted by atomic mass is 10.1. The van der Waals surface area contributed by atoms with Crippen molar-refractivity contribution in [2.45, 2.75) is 12.6 Å².